The monoisotopic (exact) mass is 543 g/mol. The third kappa shape index (κ3) is 5.25. The highest BCUT2D eigenvalue weighted by Gasteiger charge is 2.20. The van der Waals surface area contributed by atoms with E-state index in [1.165, 1.54) is 0 Å². The average molecular weight is 544 g/mol. The zero-order valence-electron chi connectivity index (χ0n) is 22.5. The van der Waals surface area contributed by atoms with Crippen molar-refractivity contribution in [1.29, 1.82) is 0 Å². The number of benzene rings is 5. The molecule has 1 unspecified atom stereocenters. The summed E-state index contributed by atoms with van der Waals surface area (Å²) in [6, 6.07) is 32.1. The number of carbonyl (C=O) groups is 1. The van der Waals surface area contributed by atoms with Crippen LogP contribution in [-0.4, -0.2) is 24.8 Å². The number of para-hydroxylation sites is 1. The van der Waals surface area contributed by atoms with Gasteiger partial charge in [0.25, 0.3) is 0 Å². The van der Waals surface area contributed by atoms with Crippen LogP contribution in [-0.2, 0) is 0 Å². The van der Waals surface area contributed by atoms with Crippen molar-refractivity contribution < 1.29 is 23.8 Å². The molecule has 3 N–H and O–H groups in total. The molecule has 1 atom stereocenters. The summed E-state index contributed by atoms with van der Waals surface area (Å²) in [7, 11) is 1.64. The molecule has 0 aliphatic rings. The molecule has 0 radical (unpaired) electrons. The predicted molar refractivity (Wildman–Crippen MR) is 163 cm³/mol. The van der Waals surface area contributed by atoms with E-state index in [9.17, 15) is 9.90 Å². The van der Waals surface area contributed by atoms with Crippen LogP contribution in [0.25, 0.3) is 38.8 Å². The quantitative estimate of drug-likeness (QED) is 0.192. The SMILES string of the molecule is COc1cc2c(cc1C(N)/C(=C/c1ccc(C(=O)O)cc1)CCOc1cccc3ccccc13)oc1ccccc12. The van der Waals surface area contributed by atoms with Crippen molar-refractivity contribution in [3.05, 3.63) is 125 Å². The normalized spacial score (nSPS) is 12.6. The van der Waals surface area contributed by atoms with Crippen molar-refractivity contribution in [2.24, 2.45) is 5.73 Å². The summed E-state index contributed by atoms with van der Waals surface area (Å²) in [5, 5.41) is 13.4. The van der Waals surface area contributed by atoms with Gasteiger partial charge in [-0.1, -0.05) is 72.8 Å². The molecule has 0 spiro atoms. The van der Waals surface area contributed by atoms with Gasteiger partial charge in [0.1, 0.15) is 22.7 Å². The van der Waals surface area contributed by atoms with Crippen molar-refractivity contribution in [3.63, 3.8) is 0 Å². The molecule has 1 heterocycles. The summed E-state index contributed by atoms with van der Waals surface area (Å²) in [6.07, 6.45) is 2.53. The smallest absolute Gasteiger partial charge is 0.335 e. The Labute approximate surface area is 237 Å². The van der Waals surface area contributed by atoms with Gasteiger partial charge in [-0.25, -0.2) is 4.79 Å². The standard InChI is InChI=1S/C35H29NO5/c1-39-32-20-28-27-10-4-5-11-31(27)41-33(28)21-29(32)34(36)25(19-22-13-15-24(16-14-22)35(37)38)17-18-40-30-12-6-8-23-7-2-3-9-26(23)30/h2-16,19-21,34H,17-18,36H2,1H3,(H,37,38)/b25-19+. The Bertz CT molecular complexity index is 1900. The molecule has 204 valence electrons. The average Bonchev–Trinajstić information content (AvgIpc) is 3.37. The number of furan rings is 1. The van der Waals surface area contributed by atoms with Crippen molar-refractivity contribution in [3.8, 4) is 11.5 Å². The molecule has 6 aromatic rings. The molecule has 41 heavy (non-hydrogen) atoms. The lowest BCUT2D eigenvalue weighted by atomic mass is 9.93. The molecule has 0 amide bonds. The zero-order chi connectivity index (χ0) is 28.3. The second-order valence-electron chi connectivity index (χ2n) is 9.89. The third-order valence-corrected chi connectivity index (χ3v) is 7.37. The van der Waals surface area contributed by atoms with Gasteiger partial charge >= 0.3 is 5.97 Å². The number of hydrogen-bond donors (Lipinski definition) is 2. The Balaban J connectivity index is 1.36. The fourth-order valence-corrected chi connectivity index (χ4v) is 5.24. The minimum atomic E-state index is -0.968. The van der Waals surface area contributed by atoms with Crippen LogP contribution in [0.15, 0.2) is 113 Å². The molecule has 0 saturated carbocycles. The third-order valence-electron chi connectivity index (χ3n) is 7.37. The molecule has 0 aliphatic carbocycles. The van der Waals surface area contributed by atoms with Gasteiger partial charge in [0.2, 0.25) is 0 Å². The highest BCUT2D eigenvalue weighted by atomic mass is 16.5. The van der Waals surface area contributed by atoms with Crippen LogP contribution >= 0.6 is 0 Å². The lowest BCUT2D eigenvalue weighted by Gasteiger charge is -2.20. The van der Waals surface area contributed by atoms with Gasteiger partial charge in [0.15, 0.2) is 0 Å². The van der Waals surface area contributed by atoms with Crippen molar-refractivity contribution in [1.82, 2.24) is 0 Å². The number of ether oxygens (including phenoxy) is 2. The molecular weight excluding hydrogens is 514 g/mol. The van der Waals surface area contributed by atoms with Crippen molar-refractivity contribution in [2.45, 2.75) is 12.5 Å². The molecule has 0 bridgehead atoms. The number of aromatic carboxylic acids is 1. The summed E-state index contributed by atoms with van der Waals surface area (Å²) < 4.78 is 18.2. The lowest BCUT2D eigenvalue weighted by Crippen LogP contribution is -2.16. The predicted octanol–water partition coefficient (Wildman–Crippen LogP) is 8.00. The van der Waals surface area contributed by atoms with E-state index in [0.717, 1.165) is 55.2 Å². The van der Waals surface area contributed by atoms with E-state index < -0.39 is 12.0 Å². The minimum Gasteiger partial charge on any atom is -0.496 e. The van der Waals surface area contributed by atoms with Crippen LogP contribution < -0.4 is 15.2 Å². The second-order valence-corrected chi connectivity index (χ2v) is 9.89. The van der Waals surface area contributed by atoms with E-state index in [1.54, 1.807) is 31.4 Å². The van der Waals surface area contributed by atoms with E-state index in [-0.39, 0.29) is 5.56 Å². The van der Waals surface area contributed by atoms with Crippen LogP contribution in [0.5, 0.6) is 11.5 Å². The van der Waals surface area contributed by atoms with Crippen LogP contribution in [0.3, 0.4) is 0 Å². The fourth-order valence-electron chi connectivity index (χ4n) is 5.24. The summed E-state index contributed by atoms with van der Waals surface area (Å²) in [4.78, 5) is 11.4. The fraction of sp³-hybridized carbons (Fsp3) is 0.114. The molecule has 6 heteroatoms. The van der Waals surface area contributed by atoms with Crippen molar-refractivity contribution in [2.75, 3.05) is 13.7 Å². The largest absolute Gasteiger partial charge is 0.496 e. The Hall–Kier alpha value is -5.07. The first-order valence-electron chi connectivity index (χ1n) is 13.4. The first-order chi connectivity index (χ1) is 20.0. The van der Waals surface area contributed by atoms with Crippen LogP contribution in [0.1, 0.15) is 33.9 Å². The molecule has 1 aromatic heterocycles. The van der Waals surface area contributed by atoms with E-state index in [0.29, 0.717) is 18.8 Å². The van der Waals surface area contributed by atoms with Gasteiger partial charge in [-0.3, -0.25) is 0 Å². The van der Waals surface area contributed by atoms with Gasteiger partial charge in [-0.2, -0.15) is 0 Å². The summed E-state index contributed by atoms with van der Waals surface area (Å²) in [6.45, 7) is 0.399. The van der Waals surface area contributed by atoms with Gasteiger partial charge in [-0.05, 0) is 52.9 Å². The van der Waals surface area contributed by atoms with E-state index in [2.05, 4.69) is 12.1 Å². The number of fused-ring (bicyclic) bond motifs is 4. The minimum absolute atomic E-state index is 0.226. The molecule has 6 rings (SSSR count). The zero-order valence-corrected chi connectivity index (χ0v) is 22.5. The molecule has 5 aromatic carbocycles. The van der Waals surface area contributed by atoms with Gasteiger partial charge < -0.3 is 24.7 Å². The number of nitrogens with two attached hydrogens (primary N) is 1. The molecule has 0 fully saturated rings. The topological polar surface area (TPSA) is 94.9 Å². The Morgan fingerprint density at radius 3 is 2.37 bits per heavy atom. The number of carboxylic acids is 1. The Morgan fingerprint density at radius 1 is 0.854 bits per heavy atom. The second kappa shape index (κ2) is 11.2. The Kier molecular flexibility index (Phi) is 7.15. The maximum atomic E-state index is 11.4. The summed E-state index contributed by atoms with van der Waals surface area (Å²) in [5.41, 5.74) is 11.2. The van der Waals surface area contributed by atoms with Gasteiger partial charge in [0, 0.05) is 28.1 Å². The molecule has 0 saturated heterocycles. The summed E-state index contributed by atoms with van der Waals surface area (Å²) in [5.74, 6) is 0.506. The Morgan fingerprint density at radius 2 is 1.59 bits per heavy atom. The van der Waals surface area contributed by atoms with Crippen LogP contribution in [0.2, 0.25) is 0 Å². The van der Waals surface area contributed by atoms with E-state index in [1.807, 2.05) is 72.8 Å². The molecular formula is C35H29NO5. The highest BCUT2D eigenvalue weighted by Crippen LogP contribution is 2.38. The van der Waals surface area contributed by atoms with Gasteiger partial charge in [0.05, 0.1) is 25.3 Å². The van der Waals surface area contributed by atoms with Gasteiger partial charge in [-0.15, -0.1) is 0 Å². The summed E-state index contributed by atoms with van der Waals surface area (Å²) >= 11 is 0. The first kappa shape index (κ1) is 26.2. The van der Waals surface area contributed by atoms with E-state index >= 15 is 0 Å². The van der Waals surface area contributed by atoms with Crippen LogP contribution in [0.4, 0.5) is 0 Å². The maximum Gasteiger partial charge on any atom is 0.335 e. The number of rotatable bonds is 9. The highest BCUT2D eigenvalue weighted by molar-refractivity contribution is 6.05. The molecule has 0 aliphatic heterocycles. The maximum absolute atomic E-state index is 11.4. The number of hydrogen-bond acceptors (Lipinski definition) is 5. The van der Waals surface area contributed by atoms with E-state index in [4.69, 9.17) is 19.6 Å². The molecule has 6 nitrogen and oxygen atoms in total. The van der Waals surface area contributed by atoms with Crippen LogP contribution in [0, 0.1) is 0 Å². The number of methoxy groups -OCH3 is 1. The van der Waals surface area contributed by atoms with Crippen molar-refractivity contribution >= 4 is 44.8 Å². The first-order valence-corrected chi connectivity index (χ1v) is 13.4. The number of carboxylic acid groups (broad SMARTS) is 1. The lowest BCUT2D eigenvalue weighted by molar-refractivity contribution is 0.0697.